The summed E-state index contributed by atoms with van der Waals surface area (Å²) in [6, 6.07) is 12.7. The largest absolute Gasteiger partial charge is 0.323 e. The summed E-state index contributed by atoms with van der Waals surface area (Å²) >= 11 is 0. The standard InChI is InChI=1S/C16H14N4O4S/c1-25(23,24)14-9-5-4-8-13(14)17-15(21)10-20-16(22)11-6-2-3-7-12(11)18-19-20/h2-9H,10H2,1H3,(H,17,21). The van der Waals surface area contributed by atoms with E-state index in [1.807, 2.05) is 0 Å². The number of para-hydroxylation sites is 1. The summed E-state index contributed by atoms with van der Waals surface area (Å²) in [7, 11) is -3.50. The van der Waals surface area contributed by atoms with Crippen LogP contribution in [0.15, 0.2) is 58.2 Å². The van der Waals surface area contributed by atoms with Crippen LogP contribution >= 0.6 is 0 Å². The number of hydrogen-bond donors (Lipinski definition) is 1. The van der Waals surface area contributed by atoms with Crippen LogP contribution < -0.4 is 10.9 Å². The van der Waals surface area contributed by atoms with Gasteiger partial charge < -0.3 is 5.32 Å². The van der Waals surface area contributed by atoms with Gasteiger partial charge in [0, 0.05) is 6.26 Å². The van der Waals surface area contributed by atoms with E-state index in [0.717, 1.165) is 10.9 Å². The molecule has 1 heterocycles. The SMILES string of the molecule is CS(=O)(=O)c1ccccc1NC(=O)Cn1nnc2ccccc2c1=O. The van der Waals surface area contributed by atoms with Crippen LogP contribution in [-0.4, -0.2) is 35.6 Å². The van der Waals surface area contributed by atoms with E-state index in [1.165, 1.54) is 12.1 Å². The summed E-state index contributed by atoms with van der Waals surface area (Å²) in [6.45, 7) is -0.380. The number of amides is 1. The first-order valence-electron chi connectivity index (χ1n) is 7.28. The van der Waals surface area contributed by atoms with Gasteiger partial charge in [0.1, 0.15) is 12.1 Å². The van der Waals surface area contributed by atoms with Crippen LogP contribution in [-0.2, 0) is 21.2 Å². The molecule has 0 fully saturated rings. The molecule has 0 spiro atoms. The Morgan fingerprint density at radius 2 is 1.80 bits per heavy atom. The molecule has 0 radical (unpaired) electrons. The van der Waals surface area contributed by atoms with E-state index >= 15 is 0 Å². The van der Waals surface area contributed by atoms with Crippen LogP contribution in [0.3, 0.4) is 0 Å². The van der Waals surface area contributed by atoms with Gasteiger partial charge in [0.25, 0.3) is 5.56 Å². The molecule has 1 amide bonds. The number of nitrogens with one attached hydrogen (secondary N) is 1. The van der Waals surface area contributed by atoms with Crippen molar-refractivity contribution in [1.29, 1.82) is 0 Å². The van der Waals surface area contributed by atoms with Gasteiger partial charge in [0.2, 0.25) is 5.91 Å². The number of aromatic nitrogens is 3. The lowest BCUT2D eigenvalue weighted by Gasteiger charge is -2.10. The van der Waals surface area contributed by atoms with Crippen LogP contribution in [0.4, 0.5) is 5.69 Å². The molecule has 9 heteroatoms. The summed E-state index contributed by atoms with van der Waals surface area (Å²) in [4.78, 5) is 24.5. The molecule has 25 heavy (non-hydrogen) atoms. The van der Waals surface area contributed by atoms with Crippen molar-refractivity contribution < 1.29 is 13.2 Å². The van der Waals surface area contributed by atoms with Gasteiger partial charge in [-0.05, 0) is 24.3 Å². The second-order valence-electron chi connectivity index (χ2n) is 5.39. The molecular weight excluding hydrogens is 344 g/mol. The summed E-state index contributed by atoms with van der Waals surface area (Å²) in [5.74, 6) is -0.581. The van der Waals surface area contributed by atoms with Crippen molar-refractivity contribution in [2.75, 3.05) is 11.6 Å². The zero-order valence-electron chi connectivity index (χ0n) is 13.2. The molecule has 8 nitrogen and oxygen atoms in total. The predicted octanol–water partition coefficient (Wildman–Crippen LogP) is 0.834. The first-order chi connectivity index (χ1) is 11.9. The Bertz CT molecular complexity index is 1120. The topological polar surface area (TPSA) is 111 Å². The average Bonchev–Trinajstić information content (AvgIpc) is 2.57. The van der Waals surface area contributed by atoms with Crippen molar-refractivity contribution in [3.05, 3.63) is 58.9 Å². The highest BCUT2D eigenvalue weighted by Gasteiger charge is 2.15. The number of rotatable bonds is 4. The zero-order valence-corrected chi connectivity index (χ0v) is 14.0. The lowest BCUT2D eigenvalue weighted by molar-refractivity contribution is -0.117. The van der Waals surface area contributed by atoms with Crippen molar-refractivity contribution in [1.82, 2.24) is 15.0 Å². The maximum atomic E-state index is 12.3. The number of carbonyl (C=O) groups is 1. The molecule has 0 aliphatic carbocycles. The minimum atomic E-state index is -3.50. The molecule has 0 aliphatic heterocycles. The van der Waals surface area contributed by atoms with E-state index < -0.39 is 21.3 Å². The highest BCUT2D eigenvalue weighted by atomic mass is 32.2. The second-order valence-corrected chi connectivity index (χ2v) is 7.37. The lowest BCUT2D eigenvalue weighted by atomic mass is 10.2. The molecule has 0 aliphatic rings. The monoisotopic (exact) mass is 358 g/mol. The van der Waals surface area contributed by atoms with E-state index in [2.05, 4.69) is 15.6 Å². The third kappa shape index (κ3) is 3.56. The van der Waals surface area contributed by atoms with Gasteiger partial charge in [0.05, 0.1) is 16.0 Å². The van der Waals surface area contributed by atoms with E-state index in [4.69, 9.17) is 0 Å². The molecule has 3 aromatic rings. The Balaban J connectivity index is 1.88. The number of benzene rings is 2. The highest BCUT2D eigenvalue weighted by molar-refractivity contribution is 7.90. The van der Waals surface area contributed by atoms with Crippen molar-refractivity contribution in [3.63, 3.8) is 0 Å². The Labute approximate surface area is 143 Å². The van der Waals surface area contributed by atoms with Gasteiger partial charge in [-0.2, -0.15) is 0 Å². The Morgan fingerprint density at radius 3 is 2.56 bits per heavy atom. The molecule has 128 valence electrons. The number of fused-ring (bicyclic) bond motifs is 1. The van der Waals surface area contributed by atoms with E-state index in [-0.39, 0.29) is 17.1 Å². The first kappa shape index (κ1) is 16.8. The summed E-state index contributed by atoms with van der Waals surface area (Å²) < 4.78 is 24.5. The summed E-state index contributed by atoms with van der Waals surface area (Å²) in [5, 5.41) is 10.5. The summed E-state index contributed by atoms with van der Waals surface area (Å²) in [6.07, 6.45) is 1.05. The van der Waals surface area contributed by atoms with Crippen molar-refractivity contribution in [2.45, 2.75) is 11.4 Å². The van der Waals surface area contributed by atoms with Crippen molar-refractivity contribution in [3.8, 4) is 0 Å². The van der Waals surface area contributed by atoms with Gasteiger partial charge in [-0.3, -0.25) is 9.59 Å². The zero-order chi connectivity index (χ0) is 18.0. The molecule has 0 atom stereocenters. The van der Waals surface area contributed by atoms with Crippen LogP contribution in [0.2, 0.25) is 0 Å². The quantitative estimate of drug-likeness (QED) is 0.740. The average molecular weight is 358 g/mol. The molecule has 0 unspecified atom stereocenters. The second kappa shape index (κ2) is 6.44. The van der Waals surface area contributed by atoms with Gasteiger partial charge in [-0.15, -0.1) is 5.10 Å². The van der Waals surface area contributed by atoms with Crippen LogP contribution in [0.5, 0.6) is 0 Å². The van der Waals surface area contributed by atoms with Crippen LogP contribution in [0.25, 0.3) is 10.9 Å². The molecule has 2 aromatic carbocycles. The van der Waals surface area contributed by atoms with E-state index in [1.54, 1.807) is 36.4 Å². The number of anilines is 1. The predicted molar refractivity (Wildman–Crippen MR) is 92.0 cm³/mol. The van der Waals surface area contributed by atoms with Crippen molar-refractivity contribution in [2.24, 2.45) is 0 Å². The Hall–Kier alpha value is -3.07. The molecule has 0 bridgehead atoms. The fraction of sp³-hybridized carbons (Fsp3) is 0.125. The normalized spacial score (nSPS) is 11.4. The Morgan fingerprint density at radius 1 is 1.12 bits per heavy atom. The maximum absolute atomic E-state index is 12.3. The number of hydrogen-bond acceptors (Lipinski definition) is 6. The maximum Gasteiger partial charge on any atom is 0.278 e. The smallest absolute Gasteiger partial charge is 0.278 e. The van der Waals surface area contributed by atoms with E-state index in [0.29, 0.717) is 10.9 Å². The molecule has 0 saturated heterocycles. The fourth-order valence-electron chi connectivity index (χ4n) is 2.35. The van der Waals surface area contributed by atoms with Crippen LogP contribution in [0, 0.1) is 0 Å². The molecular formula is C16H14N4O4S. The third-order valence-corrected chi connectivity index (χ3v) is 4.64. The highest BCUT2D eigenvalue weighted by Crippen LogP contribution is 2.20. The van der Waals surface area contributed by atoms with Crippen molar-refractivity contribution >= 4 is 32.3 Å². The van der Waals surface area contributed by atoms with Gasteiger partial charge in [-0.25, -0.2) is 13.1 Å². The van der Waals surface area contributed by atoms with Gasteiger partial charge >= 0.3 is 0 Å². The molecule has 1 aromatic heterocycles. The summed E-state index contributed by atoms with van der Waals surface area (Å²) in [5.41, 5.74) is 0.139. The van der Waals surface area contributed by atoms with Crippen LogP contribution in [0.1, 0.15) is 0 Å². The van der Waals surface area contributed by atoms with E-state index in [9.17, 15) is 18.0 Å². The third-order valence-electron chi connectivity index (χ3n) is 3.48. The molecule has 1 N–H and O–H groups in total. The lowest BCUT2D eigenvalue weighted by Crippen LogP contribution is -2.30. The number of carbonyl (C=O) groups excluding carboxylic acids is 1. The number of sulfone groups is 1. The first-order valence-corrected chi connectivity index (χ1v) is 9.17. The Kier molecular flexibility index (Phi) is 4.32. The van der Waals surface area contributed by atoms with Gasteiger partial charge in [0.15, 0.2) is 9.84 Å². The minimum absolute atomic E-state index is 0.000271. The minimum Gasteiger partial charge on any atom is -0.323 e. The number of nitrogens with zero attached hydrogens (tertiary/aromatic N) is 3. The molecule has 3 rings (SSSR count). The fourth-order valence-corrected chi connectivity index (χ4v) is 3.19. The molecule has 0 saturated carbocycles. The van der Waals surface area contributed by atoms with Gasteiger partial charge in [-0.1, -0.05) is 29.5 Å².